The Kier molecular flexibility index (Phi) is 7.46. The van der Waals surface area contributed by atoms with E-state index >= 15 is 0 Å². The molecule has 294 valence electrons. The standard InChI is InChI=1S/C58H46N2O/c1-57(2,3)39-21-25-52-50(33-39)51-34-40(58(4,5)6)22-26-53(51)60(52)43-24-20-36-30-47-48-31-37-27-42(23-19-35(37)29-46(48)49(47)32-38(36)28-43)59(41-13-8-7-9-14-41)54-17-12-16-45-44-15-10-11-18-55(44)61-56(45)54/h7-34H,1-6H3. The number of nitrogens with zero attached hydrogens (tertiary/aromatic N) is 2. The molecule has 0 saturated carbocycles. The van der Waals surface area contributed by atoms with Crippen LogP contribution in [0, 0.1) is 0 Å². The third-order valence-corrected chi connectivity index (χ3v) is 13.2. The van der Waals surface area contributed by atoms with Crippen molar-refractivity contribution in [3.8, 4) is 27.9 Å². The average Bonchev–Trinajstić information content (AvgIpc) is 3.81. The number of furan rings is 1. The smallest absolute Gasteiger partial charge is 0.159 e. The molecule has 0 N–H and O–H groups in total. The third-order valence-electron chi connectivity index (χ3n) is 13.2. The van der Waals surface area contributed by atoms with E-state index in [1.165, 1.54) is 82.4 Å². The second-order valence-electron chi connectivity index (χ2n) is 19.1. The second-order valence-corrected chi connectivity index (χ2v) is 19.1. The van der Waals surface area contributed by atoms with Crippen LogP contribution in [0.1, 0.15) is 52.7 Å². The molecule has 1 aliphatic rings. The predicted molar refractivity (Wildman–Crippen MR) is 260 cm³/mol. The number of rotatable bonds is 4. The van der Waals surface area contributed by atoms with E-state index in [0.29, 0.717) is 0 Å². The lowest BCUT2D eigenvalue weighted by atomic mass is 9.78. The summed E-state index contributed by atoms with van der Waals surface area (Å²) in [5.41, 5.74) is 16.7. The number of hydrogen-bond donors (Lipinski definition) is 0. The van der Waals surface area contributed by atoms with Crippen LogP contribution in [0.3, 0.4) is 0 Å². The van der Waals surface area contributed by atoms with Crippen molar-refractivity contribution < 1.29 is 4.42 Å². The molecule has 0 saturated heterocycles. The van der Waals surface area contributed by atoms with Crippen LogP contribution in [0.2, 0.25) is 0 Å². The molecule has 0 bridgehead atoms. The van der Waals surface area contributed by atoms with Crippen LogP contribution in [-0.2, 0) is 10.8 Å². The highest BCUT2D eigenvalue weighted by atomic mass is 16.3. The van der Waals surface area contributed by atoms with Gasteiger partial charge in [-0.15, -0.1) is 0 Å². The lowest BCUT2D eigenvalue weighted by molar-refractivity contribution is 0.590. The number of fused-ring (bicyclic) bond motifs is 12. The van der Waals surface area contributed by atoms with Crippen LogP contribution in [-0.4, -0.2) is 4.57 Å². The molecular weight excluding hydrogens is 741 g/mol. The maximum absolute atomic E-state index is 6.57. The van der Waals surface area contributed by atoms with E-state index in [1.807, 2.05) is 6.07 Å². The quantitative estimate of drug-likeness (QED) is 0.177. The Bertz CT molecular complexity index is 3540. The Labute approximate surface area is 356 Å². The number of hydrogen-bond acceptors (Lipinski definition) is 2. The molecule has 3 nitrogen and oxygen atoms in total. The topological polar surface area (TPSA) is 21.3 Å². The van der Waals surface area contributed by atoms with E-state index < -0.39 is 0 Å². The predicted octanol–water partition coefficient (Wildman–Crippen LogP) is 16.7. The second kappa shape index (κ2) is 12.7. The van der Waals surface area contributed by atoms with Crippen LogP contribution in [0.4, 0.5) is 17.1 Å². The average molecular weight is 787 g/mol. The van der Waals surface area contributed by atoms with Gasteiger partial charge in [0.1, 0.15) is 5.58 Å². The first-order valence-corrected chi connectivity index (χ1v) is 21.5. The summed E-state index contributed by atoms with van der Waals surface area (Å²) in [6.07, 6.45) is 0. The Morgan fingerprint density at radius 1 is 0.410 bits per heavy atom. The van der Waals surface area contributed by atoms with Gasteiger partial charge in [0.15, 0.2) is 5.58 Å². The van der Waals surface area contributed by atoms with E-state index in [-0.39, 0.29) is 10.8 Å². The molecule has 0 spiro atoms. The summed E-state index contributed by atoms with van der Waals surface area (Å²) in [5, 5.41) is 9.82. The van der Waals surface area contributed by atoms with Gasteiger partial charge in [-0.2, -0.15) is 0 Å². The molecule has 3 heteroatoms. The van der Waals surface area contributed by atoms with Crippen LogP contribution >= 0.6 is 0 Å². The first kappa shape index (κ1) is 35.8. The minimum Gasteiger partial charge on any atom is -0.454 e. The van der Waals surface area contributed by atoms with E-state index in [0.717, 1.165) is 39.0 Å². The summed E-state index contributed by atoms with van der Waals surface area (Å²) >= 11 is 0. The van der Waals surface area contributed by atoms with Gasteiger partial charge in [0.2, 0.25) is 0 Å². The van der Waals surface area contributed by atoms with Gasteiger partial charge in [-0.05, 0) is 163 Å². The Hall–Kier alpha value is -7.10. The molecule has 12 rings (SSSR count). The zero-order chi connectivity index (χ0) is 41.4. The van der Waals surface area contributed by atoms with Crippen molar-refractivity contribution in [1.29, 1.82) is 0 Å². The SMILES string of the molecule is CC(C)(C)c1ccc2c(c1)c1cc(C(C)(C)C)ccc1n2-c1ccc2cc3c(cc2c1)-c1cc2ccc(N(c4ccccc4)c4cccc5c4oc4ccccc45)cc2cc1-3. The zero-order valence-corrected chi connectivity index (χ0v) is 35.5. The lowest BCUT2D eigenvalue weighted by Crippen LogP contribution is -2.10. The van der Waals surface area contributed by atoms with Crippen molar-refractivity contribution in [2.45, 2.75) is 52.4 Å². The highest BCUT2D eigenvalue weighted by Gasteiger charge is 2.26. The van der Waals surface area contributed by atoms with Gasteiger partial charge in [0.05, 0.1) is 16.7 Å². The van der Waals surface area contributed by atoms with Crippen molar-refractivity contribution in [3.63, 3.8) is 0 Å². The van der Waals surface area contributed by atoms with Crippen molar-refractivity contribution in [1.82, 2.24) is 4.57 Å². The summed E-state index contributed by atoms with van der Waals surface area (Å²) in [4.78, 5) is 2.33. The van der Waals surface area contributed by atoms with Gasteiger partial charge in [-0.25, -0.2) is 0 Å². The molecule has 9 aromatic carbocycles. The van der Waals surface area contributed by atoms with E-state index in [9.17, 15) is 0 Å². The Morgan fingerprint density at radius 2 is 0.967 bits per heavy atom. The fraction of sp³-hybridized carbons (Fsp3) is 0.138. The lowest BCUT2D eigenvalue weighted by Gasteiger charge is -2.28. The number of anilines is 3. The zero-order valence-electron chi connectivity index (χ0n) is 35.5. The van der Waals surface area contributed by atoms with Gasteiger partial charge in [-0.1, -0.05) is 114 Å². The normalized spacial score (nSPS) is 12.8. The molecule has 0 aliphatic heterocycles. The van der Waals surface area contributed by atoms with Crippen LogP contribution < -0.4 is 4.90 Å². The fourth-order valence-corrected chi connectivity index (χ4v) is 9.82. The molecule has 61 heavy (non-hydrogen) atoms. The van der Waals surface area contributed by atoms with Crippen molar-refractivity contribution in [2.75, 3.05) is 4.90 Å². The minimum absolute atomic E-state index is 0.0624. The molecular formula is C58H46N2O. The first-order valence-electron chi connectivity index (χ1n) is 21.5. The molecule has 0 atom stereocenters. The highest BCUT2D eigenvalue weighted by Crippen LogP contribution is 2.51. The summed E-state index contributed by atoms with van der Waals surface area (Å²) in [5.74, 6) is 0. The van der Waals surface area contributed by atoms with Crippen molar-refractivity contribution in [3.05, 3.63) is 181 Å². The maximum atomic E-state index is 6.57. The molecule has 0 radical (unpaired) electrons. The van der Waals surface area contributed by atoms with E-state index in [1.54, 1.807) is 0 Å². The summed E-state index contributed by atoms with van der Waals surface area (Å²) in [7, 11) is 0. The maximum Gasteiger partial charge on any atom is 0.159 e. The van der Waals surface area contributed by atoms with Crippen LogP contribution in [0.25, 0.3) is 93.2 Å². The van der Waals surface area contributed by atoms with E-state index in [2.05, 4.69) is 215 Å². The molecule has 2 aromatic heterocycles. The minimum atomic E-state index is 0.0624. The number of aromatic nitrogens is 1. The Balaban J connectivity index is 0.959. The van der Waals surface area contributed by atoms with Gasteiger partial charge >= 0.3 is 0 Å². The largest absolute Gasteiger partial charge is 0.454 e. The number of para-hydroxylation sites is 3. The van der Waals surface area contributed by atoms with Crippen LogP contribution in [0.5, 0.6) is 0 Å². The van der Waals surface area contributed by atoms with Gasteiger partial charge in [0, 0.05) is 38.6 Å². The monoisotopic (exact) mass is 786 g/mol. The Morgan fingerprint density at radius 3 is 1.61 bits per heavy atom. The van der Waals surface area contributed by atoms with Gasteiger partial charge in [-0.3, -0.25) is 0 Å². The van der Waals surface area contributed by atoms with Gasteiger partial charge in [0.25, 0.3) is 0 Å². The van der Waals surface area contributed by atoms with Crippen molar-refractivity contribution >= 4 is 82.4 Å². The van der Waals surface area contributed by atoms with E-state index in [4.69, 9.17) is 4.42 Å². The first-order chi connectivity index (χ1) is 29.5. The summed E-state index contributed by atoms with van der Waals surface area (Å²) in [6.45, 7) is 13.8. The summed E-state index contributed by atoms with van der Waals surface area (Å²) < 4.78 is 9.03. The molecule has 11 aromatic rings. The highest BCUT2D eigenvalue weighted by molar-refractivity contribution is 6.14. The third kappa shape index (κ3) is 5.50. The number of benzene rings is 9. The van der Waals surface area contributed by atoms with Crippen molar-refractivity contribution in [2.24, 2.45) is 0 Å². The molecule has 2 heterocycles. The van der Waals surface area contributed by atoms with Crippen LogP contribution in [0.15, 0.2) is 174 Å². The molecule has 0 amide bonds. The molecule has 0 unspecified atom stereocenters. The molecule has 0 fully saturated rings. The van der Waals surface area contributed by atoms with Gasteiger partial charge < -0.3 is 13.9 Å². The summed E-state index contributed by atoms with van der Waals surface area (Å²) in [6, 6.07) is 62.9. The molecule has 1 aliphatic carbocycles. The fourth-order valence-electron chi connectivity index (χ4n) is 9.82.